The fourth-order valence-electron chi connectivity index (χ4n) is 3.20. The van der Waals surface area contributed by atoms with Gasteiger partial charge in [0.2, 0.25) is 0 Å². The Kier molecular flexibility index (Phi) is 3.90. The third-order valence-corrected chi connectivity index (χ3v) is 5.47. The van der Waals surface area contributed by atoms with Crippen LogP contribution in [0.2, 0.25) is 0 Å². The molecule has 0 spiro atoms. The molecular formula is C21H17N3O2S. The van der Waals surface area contributed by atoms with Gasteiger partial charge in [-0.1, -0.05) is 18.2 Å². The summed E-state index contributed by atoms with van der Waals surface area (Å²) in [6.07, 6.45) is 1.88. The summed E-state index contributed by atoms with van der Waals surface area (Å²) in [5, 5.41) is 7.57. The van der Waals surface area contributed by atoms with Crippen LogP contribution in [-0.2, 0) is 0 Å². The third-order valence-electron chi connectivity index (χ3n) is 4.58. The summed E-state index contributed by atoms with van der Waals surface area (Å²) < 4.78 is 13.2. The first-order valence-electron chi connectivity index (χ1n) is 8.75. The maximum absolute atomic E-state index is 5.69. The van der Waals surface area contributed by atoms with E-state index in [9.17, 15) is 0 Å². The maximum atomic E-state index is 5.69. The molecule has 3 heterocycles. The maximum Gasteiger partial charge on any atom is 0.162 e. The molecule has 0 saturated heterocycles. The molecule has 5 rings (SSSR count). The summed E-state index contributed by atoms with van der Waals surface area (Å²) in [6.45, 7) is 3.24. The van der Waals surface area contributed by atoms with E-state index in [2.05, 4.69) is 17.4 Å². The number of aromatic nitrogens is 3. The monoisotopic (exact) mass is 375 g/mol. The highest BCUT2D eigenvalue weighted by Crippen LogP contribution is 2.37. The van der Waals surface area contributed by atoms with Crippen molar-refractivity contribution in [3.63, 3.8) is 0 Å². The number of rotatable bonds is 3. The van der Waals surface area contributed by atoms with Crippen LogP contribution in [-0.4, -0.2) is 28.0 Å². The highest BCUT2D eigenvalue weighted by atomic mass is 32.1. The van der Waals surface area contributed by atoms with Crippen molar-refractivity contribution in [2.45, 2.75) is 6.92 Å². The number of fused-ring (bicyclic) bond motifs is 1. The lowest BCUT2D eigenvalue weighted by atomic mass is 10.2. The Morgan fingerprint density at radius 2 is 1.81 bits per heavy atom. The van der Waals surface area contributed by atoms with Crippen LogP contribution < -0.4 is 9.47 Å². The van der Waals surface area contributed by atoms with E-state index in [0.717, 1.165) is 44.7 Å². The van der Waals surface area contributed by atoms with E-state index in [1.807, 2.05) is 59.4 Å². The molecule has 0 atom stereocenters. The Morgan fingerprint density at radius 3 is 2.67 bits per heavy atom. The Bertz CT molecular complexity index is 1100. The van der Waals surface area contributed by atoms with Gasteiger partial charge >= 0.3 is 0 Å². The third kappa shape index (κ3) is 2.88. The predicted octanol–water partition coefficient (Wildman–Crippen LogP) is 4.74. The molecule has 1 aliphatic rings. The van der Waals surface area contributed by atoms with E-state index in [1.165, 1.54) is 0 Å². The molecule has 5 nitrogen and oxygen atoms in total. The van der Waals surface area contributed by atoms with Gasteiger partial charge in [-0.15, -0.1) is 11.3 Å². The van der Waals surface area contributed by atoms with E-state index >= 15 is 0 Å². The minimum absolute atomic E-state index is 0.581. The lowest BCUT2D eigenvalue weighted by Gasteiger charge is -2.18. The van der Waals surface area contributed by atoms with Crippen molar-refractivity contribution < 1.29 is 9.47 Å². The Morgan fingerprint density at radius 1 is 1.00 bits per heavy atom. The Labute approximate surface area is 160 Å². The molecule has 4 aromatic rings. The zero-order valence-electron chi connectivity index (χ0n) is 14.8. The summed E-state index contributed by atoms with van der Waals surface area (Å²) >= 11 is 1.62. The normalized spacial score (nSPS) is 12.9. The van der Waals surface area contributed by atoms with Crippen molar-refractivity contribution in [3.8, 4) is 39.0 Å². The molecule has 0 N–H and O–H groups in total. The number of thiazole rings is 1. The molecule has 0 radical (unpaired) electrons. The van der Waals surface area contributed by atoms with E-state index < -0.39 is 0 Å². The molecule has 0 amide bonds. The van der Waals surface area contributed by atoms with E-state index in [0.29, 0.717) is 13.2 Å². The molecule has 1 aliphatic heterocycles. The van der Waals surface area contributed by atoms with Crippen LogP contribution >= 0.6 is 11.3 Å². The van der Waals surface area contributed by atoms with Gasteiger partial charge in [-0.25, -0.2) is 9.67 Å². The van der Waals surface area contributed by atoms with Crippen LogP contribution in [0.4, 0.5) is 0 Å². The van der Waals surface area contributed by atoms with Gasteiger partial charge < -0.3 is 9.47 Å². The highest BCUT2D eigenvalue weighted by molar-refractivity contribution is 7.13. The van der Waals surface area contributed by atoms with Gasteiger partial charge in [0.1, 0.15) is 18.2 Å². The van der Waals surface area contributed by atoms with Gasteiger partial charge in [-0.3, -0.25) is 0 Å². The lowest BCUT2D eigenvalue weighted by molar-refractivity contribution is 0.171. The number of hydrogen-bond donors (Lipinski definition) is 0. The Balaban J connectivity index is 1.49. The summed E-state index contributed by atoms with van der Waals surface area (Å²) in [5.41, 5.74) is 5.12. The molecule has 134 valence electrons. The summed E-state index contributed by atoms with van der Waals surface area (Å²) in [4.78, 5) is 4.84. The average Bonchev–Trinajstić information content (AvgIpc) is 3.35. The average molecular weight is 375 g/mol. The van der Waals surface area contributed by atoms with Gasteiger partial charge in [0.05, 0.1) is 23.3 Å². The molecule has 0 fully saturated rings. The first kappa shape index (κ1) is 16.1. The summed E-state index contributed by atoms with van der Waals surface area (Å²) in [7, 11) is 0. The topological polar surface area (TPSA) is 49.2 Å². The molecule has 0 aliphatic carbocycles. The van der Waals surface area contributed by atoms with Gasteiger partial charge in [0, 0.05) is 16.5 Å². The SMILES string of the molecule is Cc1c(-c2csc(-c3ccc4c(c3)OCCO4)n2)cnn1-c1ccccc1. The first-order chi connectivity index (χ1) is 13.3. The van der Waals surface area contributed by atoms with Gasteiger partial charge in [0.15, 0.2) is 11.5 Å². The van der Waals surface area contributed by atoms with Crippen LogP contribution in [0.5, 0.6) is 11.5 Å². The van der Waals surface area contributed by atoms with Crippen LogP contribution in [0.3, 0.4) is 0 Å². The minimum Gasteiger partial charge on any atom is -0.486 e. The Hall–Kier alpha value is -3.12. The molecule has 2 aromatic carbocycles. The number of ether oxygens (including phenoxy) is 2. The molecule has 27 heavy (non-hydrogen) atoms. The van der Waals surface area contributed by atoms with Gasteiger partial charge in [-0.05, 0) is 37.3 Å². The van der Waals surface area contributed by atoms with Crippen molar-refractivity contribution in [2.75, 3.05) is 13.2 Å². The zero-order chi connectivity index (χ0) is 18.2. The van der Waals surface area contributed by atoms with Crippen LogP contribution in [0.25, 0.3) is 27.5 Å². The standard InChI is InChI=1S/C21H17N3O2S/c1-14-17(12-22-24(14)16-5-3-2-4-6-16)18-13-27-21(23-18)15-7-8-19-20(11-15)26-10-9-25-19/h2-8,11-13H,9-10H2,1H3. The second-order valence-electron chi connectivity index (χ2n) is 6.29. The second kappa shape index (κ2) is 6.55. The van der Waals surface area contributed by atoms with Crippen LogP contribution in [0.15, 0.2) is 60.1 Å². The lowest BCUT2D eigenvalue weighted by Crippen LogP contribution is -2.15. The molecule has 6 heteroatoms. The molecular weight excluding hydrogens is 358 g/mol. The van der Waals surface area contributed by atoms with E-state index in [4.69, 9.17) is 14.5 Å². The van der Waals surface area contributed by atoms with Crippen LogP contribution in [0.1, 0.15) is 5.69 Å². The minimum atomic E-state index is 0.581. The molecule has 0 saturated carbocycles. The van der Waals surface area contributed by atoms with E-state index in [1.54, 1.807) is 11.3 Å². The first-order valence-corrected chi connectivity index (χ1v) is 9.63. The van der Waals surface area contributed by atoms with E-state index in [-0.39, 0.29) is 0 Å². The number of hydrogen-bond acceptors (Lipinski definition) is 5. The summed E-state index contributed by atoms with van der Waals surface area (Å²) in [6, 6.07) is 16.1. The van der Waals surface area contributed by atoms with Gasteiger partial charge in [-0.2, -0.15) is 5.10 Å². The fraction of sp³-hybridized carbons (Fsp3) is 0.143. The van der Waals surface area contributed by atoms with Crippen molar-refractivity contribution in [2.24, 2.45) is 0 Å². The number of para-hydroxylation sites is 1. The van der Waals surface area contributed by atoms with Gasteiger partial charge in [0.25, 0.3) is 0 Å². The second-order valence-corrected chi connectivity index (χ2v) is 7.15. The van der Waals surface area contributed by atoms with Crippen molar-refractivity contribution >= 4 is 11.3 Å². The van der Waals surface area contributed by atoms with Crippen LogP contribution in [0, 0.1) is 6.92 Å². The predicted molar refractivity (Wildman–Crippen MR) is 106 cm³/mol. The van der Waals surface area contributed by atoms with Crippen molar-refractivity contribution in [1.82, 2.24) is 14.8 Å². The molecule has 2 aromatic heterocycles. The smallest absolute Gasteiger partial charge is 0.162 e. The van der Waals surface area contributed by atoms with Crippen molar-refractivity contribution in [3.05, 3.63) is 65.8 Å². The zero-order valence-corrected chi connectivity index (χ0v) is 15.6. The van der Waals surface area contributed by atoms with Crippen molar-refractivity contribution in [1.29, 1.82) is 0 Å². The largest absolute Gasteiger partial charge is 0.486 e. The number of nitrogens with zero attached hydrogens (tertiary/aromatic N) is 3. The molecule has 0 bridgehead atoms. The molecule has 0 unspecified atom stereocenters. The fourth-order valence-corrected chi connectivity index (χ4v) is 4.01. The summed E-state index contributed by atoms with van der Waals surface area (Å²) in [5.74, 6) is 1.57. The quantitative estimate of drug-likeness (QED) is 0.519. The highest BCUT2D eigenvalue weighted by Gasteiger charge is 2.16. The number of benzene rings is 2.